The molecule has 0 spiro atoms. The lowest BCUT2D eigenvalue weighted by molar-refractivity contribution is -0.134. The molecule has 92 valence electrons. The third kappa shape index (κ3) is 2.94. The zero-order valence-corrected chi connectivity index (χ0v) is 9.87. The van der Waals surface area contributed by atoms with E-state index in [1.807, 2.05) is 0 Å². The number of carboxylic acids is 1. The van der Waals surface area contributed by atoms with Gasteiger partial charge < -0.3 is 10.0 Å². The maximum absolute atomic E-state index is 11.7. The fraction of sp³-hybridized carbons (Fsp3) is 0.778. The molecule has 0 aromatic rings. The van der Waals surface area contributed by atoms with Gasteiger partial charge in [0, 0.05) is 13.1 Å². The molecule has 7 heteroatoms. The topological polar surface area (TPSA) is 91.8 Å². The molecule has 1 heterocycles. The molecule has 1 atom stereocenters. The first-order valence-electron chi connectivity index (χ1n) is 5.07. The highest BCUT2D eigenvalue weighted by Gasteiger charge is 2.33. The van der Waals surface area contributed by atoms with Crippen LogP contribution in [0.15, 0.2) is 0 Å². The average molecular weight is 249 g/mol. The van der Waals surface area contributed by atoms with Crippen LogP contribution in [-0.4, -0.2) is 54.4 Å². The lowest BCUT2D eigenvalue weighted by atomic mass is 10.4. The number of rotatable bonds is 4. The number of carbonyl (C=O) groups is 2. The van der Waals surface area contributed by atoms with Gasteiger partial charge >= 0.3 is 5.97 Å². The Morgan fingerprint density at radius 2 is 1.81 bits per heavy atom. The molecule has 16 heavy (non-hydrogen) atoms. The SMILES string of the molecule is CC(C(=O)N1CCCC1)S(=O)(=O)CC(=O)O. The molecule has 0 radical (unpaired) electrons. The molecule has 1 fully saturated rings. The number of carbonyl (C=O) groups excluding carboxylic acids is 1. The van der Waals surface area contributed by atoms with Gasteiger partial charge in [-0.25, -0.2) is 8.42 Å². The van der Waals surface area contributed by atoms with Gasteiger partial charge in [0.05, 0.1) is 0 Å². The summed E-state index contributed by atoms with van der Waals surface area (Å²) in [6, 6.07) is 0. The number of carboxylic acid groups (broad SMARTS) is 1. The van der Waals surface area contributed by atoms with Gasteiger partial charge in [-0.05, 0) is 19.8 Å². The van der Waals surface area contributed by atoms with Crippen molar-refractivity contribution < 1.29 is 23.1 Å². The van der Waals surface area contributed by atoms with E-state index in [-0.39, 0.29) is 0 Å². The molecule has 0 bridgehead atoms. The summed E-state index contributed by atoms with van der Waals surface area (Å²) >= 11 is 0. The highest BCUT2D eigenvalue weighted by molar-refractivity contribution is 7.93. The van der Waals surface area contributed by atoms with Crippen molar-refractivity contribution in [3.8, 4) is 0 Å². The van der Waals surface area contributed by atoms with E-state index in [1.165, 1.54) is 11.8 Å². The smallest absolute Gasteiger partial charge is 0.318 e. The van der Waals surface area contributed by atoms with E-state index in [0.29, 0.717) is 13.1 Å². The summed E-state index contributed by atoms with van der Waals surface area (Å²) in [6.07, 6.45) is 1.74. The Bertz CT molecular complexity index is 383. The number of hydrogen-bond donors (Lipinski definition) is 1. The van der Waals surface area contributed by atoms with Crippen LogP contribution in [0, 0.1) is 0 Å². The summed E-state index contributed by atoms with van der Waals surface area (Å²) in [4.78, 5) is 23.6. The van der Waals surface area contributed by atoms with Crippen molar-refractivity contribution >= 4 is 21.7 Å². The largest absolute Gasteiger partial charge is 0.480 e. The maximum atomic E-state index is 11.7. The minimum Gasteiger partial charge on any atom is -0.480 e. The Balaban J connectivity index is 2.72. The molecule has 0 aromatic carbocycles. The third-order valence-electron chi connectivity index (χ3n) is 2.63. The van der Waals surface area contributed by atoms with Crippen LogP contribution < -0.4 is 0 Å². The van der Waals surface area contributed by atoms with Crippen molar-refractivity contribution in [2.75, 3.05) is 18.8 Å². The molecule has 1 aliphatic heterocycles. The van der Waals surface area contributed by atoms with Gasteiger partial charge in [0.25, 0.3) is 0 Å². The van der Waals surface area contributed by atoms with Crippen LogP contribution >= 0.6 is 0 Å². The number of nitrogens with zero attached hydrogens (tertiary/aromatic N) is 1. The van der Waals surface area contributed by atoms with Crippen molar-refractivity contribution in [2.24, 2.45) is 0 Å². The van der Waals surface area contributed by atoms with Gasteiger partial charge in [-0.2, -0.15) is 0 Å². The van der Waals surface area contributed by atoms with Gasteiger partial charge in [0.1, 0.15) is 11.0 Å². The standard InChI is InChI=1S/C9H15NO5S/c1-7(16(14,15)6-8(11)12)9(13)10-4-2-3-5-10/h7H,2-6H2,1H3,(H,11,12). The van der Waals surface area contributed by atoms with Crippen molar-refractivity contribution in [2.45, 2.75) is 25.0 Å². The third-order valence-corrected chi connectivity index (χ3v) is 4.56. The summed E-state index contributed by atoms with van der Waals surface area (Å²) < 4.78 is 23.0. The van der Waals surface area contributed by atoms with Crippen LogP contribution in [0.4, 0.5) is 0 Å². The molecule has 0 saturated carbocycles. The van der Waals surface area contributed by atoms with Crippen molar-refractivity contribution in [1.82, 2.24) is 4.90 Å². The lowest BCUT2D eigenvalue weighted by Gasteiger charge is -2.19. The molecule has 1 aliphatic rings. The van der Waals surface area contributed by atoms with Crippen LogP contribution in [0.3, 0.4) is 0 Å². The summed E-state index contributed by atoms with van der Waals surface area (Å²) in [5.74, 6) is -2.91. The van der Waals surface area contributed by atoms with Crippen LogP contribution in [0.25, 0.3) is 0 Å². The predicted octanol–water partition coefficient (Wildman–Crippen LogP) is -0.503. The number of hydrogen-bond acceptors (Lipinski definition) is 4. The van der Waals surface area contributed by atoms with Crippen LogP contribution in [0.5, 0.6) is 0 Å². The molecule has 0 aliphatic carbocycles. The first-order valence-corrected chi connectivity index (χ1v) is 6.78. The highest BCUT2D eigenvalue weighted by Crippen LogP contribution is 2.13. The van der Waals surface area contributed by atoms with Gasteiger partial charge in [0.15, 0.2) is 9.84 Å². The van der Waals surface area contributed by atoms with Crippen molar-refractivity contribution in [3.63, 3.8) is 0 Å². The van der Waals surface area contributed by atoms with Crippen molar-refractivity contribution in [3.05, 3.63) is 0 Å². The van der Waals surface area contributed by atoms with Crippen LogP contribution in [-0.2, 0) is 19.4 Å². The van der Waals surface area contributed by atoms with Gasteiger partial charge in [-0.1, -0.05) is 0 Å². The number of likely N-dealkylation sites (tertiary alicyclic amines) is 1. The second-order valence-corrected chi connectivity index (χ2v) is 6.20. The normalized spacial score (nSPS) is 18.4. The Hall–Kier alpha value is -1.11. The summed E-state index contributed by atoms with van der Waals surface area (Å²) in [5.41, 5.74) is 0. The fourth-order valence-electron chi connectivity index (χ4n) is 1.65. The molecule has 6 nitrogen and oxygen atoms in total. The van der Waals surface area contributed by atoms with Crippen LogP contribution in [0.2, 0.25) is 0 Å². The molecular formula is C9H15NO5S. The Kier molecular flexibility index (Phi) is 3.90. The Labute approximate surface area is 94.2 Å². The molecular weight excluding hydrogens is 234 g/mol. The first kappa shape index (κ1) is 13.0. The second kappa shape index (κ2) is 4.82. The van der Waals surface area contributed by atoms with Gasteiger partial charge in [-0.3, -0.25) is 9.59 Å². The summed E-state index contributed by atoms with van der Waals surface area (Å²) in [6.45, 7) is 2.37. The molecule has 1 unspecified atom stereocenters. The summed E-state index contributed by atoms with van der Waals surface area (Å²) in [7, 11) is -3.89. The molecule has 0 aromatic heterocycles. The van der Waals surface area contributed by atoms with E-state index in [9.17, 15) is 18.0 Å². The number of sulfone groups is 1. The zero-order valence-electron chi connectivity index (χ0n) is 9.05. The van der Waals surface area contributed by atoms with Crippen molar-refractivity contribution in [1.29, 1.82) is 0 Å². The number of amides is 1. The zero-order chi connectivity index (χ0) is 12.3. The monoisotopic (exact) mass is 249 g/mol. The first-order chi connectivity index (χ1) is 7.34. The van der Waals surface area contributed by atoms with Gasteiger partial charge in [0.2, 0.25) is 5.91 Å². The predicted molar refractivity (Wildman–Crippen MR) is 56.7 cm³/mol. The molecule has 1 saturated heterocycles. The van der Waals surface area contributed by atoms with E-state index < -0.39 is 32.7 Å². The average Bonchev–Trinajstić information content (AvgIpc) is 2.66. The van der Waals surface area contributed by atoms with E-state index in [2.05, 4.69) is 0 Å². The number of aliphatic carboxylic acids is 1. The summed E-state index contributed by atoms with van der Waals surface area (Å²) in [5, 5.41) is 7.18. The fourth-order valence-corrected chi connectivity index (χ4v) is 2.70. The highest BCUT2D eigenvalue weighted by atomic mass is 32.2. The van der Waals surface area contributed by atoms with E-state index in [4.69, 9.17) is 5.11 Å². The molecule has 1 rings (SSSR count). The van der Waals surface area contributed by atoms with E-state index in [1.54, 1.807) is 0 Å². The minimum absolute atomic E-state index is 0.487. The second-order valence-electron chi connectivity index (χ2n) is 3.88. The Morgan fingerprint density at radius 1 is 1.31 bits per heavy atom. The Morgan fingerprint density at radius 3 is 2.25 bits per heavy atom. The minimum atomic E-state index is -3.89. The quantitative estimate of drug-likeness (QED) is 0.725. The van der Waals surface area contributed by atoms with Crippen LogP contribution in [0.1, 0.15) is 19.8 Å². The molecule has 1 amide bonds. The van der Waals surface area contributed by atoms with E-state index in [0.717, 1.165) is 12.8 Å². The maximum Gasteiger partial charge on any atom is 0.318 e. The van der Waals surface area contributed by atoms with Gasteiger partial charge in [-0.15, -0.1) is 0 Å². The van der Waals surface area contributed by atoms with E-state index >= 15 is 0 Å². The molecule has 1 N–H and O–H groups in total. The lowest BCUT2D eigenvalue weighted by Crippen LogP contribution is -2.41.